The molecule has 0 aliphatic heterocycles. The Morgan fingerprint density at radius 1 is 1.00 bits per heavy atom. The van der Waals surface area contributed by atoms with E-state index in [1.54, 1.807) is 24.3 Å². The van der Waals surface area contributed by atoms with Gasteiger partial charge in [0.15, 0.2) is 17.8 Å². The lowest BCUT2D eigenvalue weighted by Gasteiger charge is -2.15. The highest BCUT2D eigenvalue weighted by Crippen LogP contribution is 2.24. The quantitative estimate of drug-likeness (QED) is 0.256. The van der Waals surface area contributed by atoms with Gasteiger partial charge in [0.1, 0.15) is 18.7 Å². The summed E-state index contributed by atoms with van der Waals surface area (Å²) in [5.41, 5.74) is -0.233. The number of carbonyl (C=O) groups excluding carboxylic acids is 1. The number of para-hydroxylation sites is 2. The molecule has 10 nitrogen and oxygen atoms in total. The maximum Gasteiger partial charge on any atom is 0.416 e. The Bertz CT molecular complexity index is 1800. The molecule has 216 valence electrons. The van der Waals surface area contributed by atoms with Crippen molar-refractivity contribution in [2.75, 3.05) is 5.32 Å². The minimum Gasteiger partial charge on any atom is -0.382 e. The summed E-state index contributed by atoms with van der Waals surface area (Å²) in [6.07, 6.45) is -6.51. The van der Waals surface area contributed by atoms with Gasteiger partial charge in [0, 0.05) is 10.6 Å². The Labute approximate surface area is 239 Å². The van der Waals surface area contributed by atoms with Gasteiger partial charge in [-0.15, -0.1) is 10.2 Å². The second-order valence-electron chi connectivity index (χ2n) is 9.00. The standard InChI is InChI=1S/C27H20ClF4N7O3/c28-17-11-9-16(10-12-17)24-36-38(26(42)37(24)13-22(40)27(30,31)32)14-23-33-15-39(35-23)21-8-4-1-5-18(21)25(41)34-20-7-3-2-6-19(20)29/h1-12,15,22,40H,13-14H2,(H,34,41)/t22-/m0/s1. The minimum atomic E-state index is -4.97. The number of nitrogens with one attached hydrogen (secondary N) is 1. The lowest BCUT2D eigenvalue weighted by molar-refractivity contribution is -0.207. The van der Waals surface area contributed by atoms with Gasteiger partial charge in [0.05, 0.1) is 23.5 Å². The van der Waals surface area contributed by atoms with Crippen LogP contribution in [0.25, 0.3) is 17.1 Å². The van der Waals surface area contributed by atoms with Crippen LogP contribution in [-0.4, -0.2) is 52.4 Å². The number of halogens is 5. The van der Waals surface area contributed by atoms with Gasteiger partial charge in [-0.25, -0.2) is 23.5 Å². The highest BCUT2D eigenvalue weighted by atomic mass is 35.5. The number of hydrogen-bond acceptors (Lipinski definition) is 6. The van der Waals surface area contributed by atoms with E-state index in [0.29, 0.717) is 9.59 Å². The maximum absolute atomic E-state index is 14.1. The molecule has 5 rings (SSSR count). The average molecular weight is 602 g/mol. The first-order valence-corrected chi connectivity index (χ1v) is 12.6. The fourth-order valence-corrected chi connectivity index (χ4v) is 4.16. The van der Waals surface area contributed by atoms with Crippen molar-refractivity contribution in [3.63, 3.8) is 0 Å². The molecule has 3 aromatic carbocycles. The Hall–Kier alpha value is -4.82. The summed E-state index contributed by atoms with van der Waals surface area (Å²) in [6.45, 7) is -1.43. The number of anilines is 1. The van der Waals surface area contributed by atoms with Gasteiger partial charge in [-0.1, -0.05) is 35.9 Å². The molecule has 2 aromatic heterocycles. The molecule has 0 fully saturated rings. The van der Waals surface area contributed by atoms with Gasteiger partial charge in [0.2, 0.25) is 0 Å². The monoisotopic (exact) mass is 601 g/mol. The molecule has 0 bridgehead atoms. The van der Waals surface area contributed by atoms with Crippen LogP contribution in [0.1, 0.15) is 16.2 Å². The zero-order chi connectivity index (χ0) is 30.0. The van der Waals surface area contributed by atoms with E-state index in [-0.39, 0.29) is 40.7 Å². The first-order valence-electron chi connectivity index (χ1n) is 12.3. The molecule has 0 spiro atoms. The summed E-state index contributed by atoms with van der Waals surface area (Å²) in [7, 11) is 0. The second kappa shape index (κ2) is 11.6. The molecule has 0 saturated heterocycles. The highest BCUT2D eigenvalue weighted by molar-refractivity contribution is 6.30. The van der Waals surface area contributed by atoms with Crippen molar-refractivity contribution in [3.8, 4) is 17.1 Å². The van der Waals surface area contributed by atoms with Crippen LogP contribution in [-0.2, 0) is 13.1 Å². The summed E-state index contributed by atoms with van der Waals surface area (Å²) >= 11 is 5.91. The lowest BCUT2D eigenvalue weighted by Crippen LogP contribution is -2.37. The molecule has 1 atom stereocenters. The largest absolute Gasteiger partial charge is 0.416 e. The van der Waals surface area contributed by atoms with Crippen molar-refractivity contribution >= 4 is 23.2 Å². The van der Waals surface area contributed by atoms with Gasteiger partial charge in [-0.05, 0) is 48.5 Å². The number of aromatic nitrogens is 6. The zero-order valence-corrected chi connectivity index (χ0v) is 22.1. The van der Waals surface area contributed by atoms with Crippen LogP contribution < -0.4 is 11.0 Å². The molecule has 1 amide bonds. The third-order valence-electron chi connectivity index (χ3n) is 6.11. The molecule has 42 heavy (non-hydrogen) atoms. The zero-order valence-electron chi connectivity index (χ0n) is 21.3. The molecule has 5 aromatic rings. The Morgan fingerprint density at radius 3 is 2.40 bits per heavy atom. The predicted octanol–water partition coefficient (Wildman–Crippen LogP) is 4.31. The van der Waals surface area contributed by atoms with Crippen molar-refractivity contribution in [2.45, 2.75) is 25.4 Å². The first kappa shape index (κ1) is 28.7. The number of alkyl halides is 3. The molecule has 15 heteroatoms. The predicted molar refractivity (Wildman–Crippen MR) is 144 cm³/mol. The van der Waals surface area contributed by atoms with Crippen LogP contribution in [0, 0.1) is 5.82 Å². The van der Waals surface area contributed by atoms with Crippen molar-refractivity contribution in [1.82, 2.24) is 29.1 Å². The Kier molecular flexibility index (Phi) is 7.91. The molecule has 0 aliphatic rings. The number of nitrogens with zero attached hydrogens (tertiary/aromatic N) is 6. The van der Waals surface area contributed by atoms with Crippen molar-refractivity contribution < 1.29 is 27.5 Å². The summed E-state index contributed by atoms with van der Waals surface area (Å²) < 4.78 is 56.3. The van der Waals surface area contributed by atoms with Gasteiger partial charge in [0.25, 0.3) is 5.91 Å². The molecular formula is C27H20ClF4N7O3. The Morgan fingerprint density at radius 2 is 1.69 bits per heavy atom. The van der Waals surface area contributed by atoms with Gasteiger partial charge >= 0.3 is 11.9 Å². The molecule has 0 radical (unpaired) electrons. The number of aliphatic hydroxyl groups is 1. The third-order valence-corrected chi connectivity index (χ3v) is 6.36. The van der Waals surface area contributed by atoms with Crippen molar-refractivity contribution in [1.29, 1.82) is 0 Å². The van der Waals surface area contributed by atoms with E-state index in [1.807, 2.05) is 0 Å². The van der Waals surface area contributed by atoms with E-state index in [4.69, 9.17) is 11.6 Å². The fraction of sp³-hybridized carbons (Fsp3) is 0.148. The second-order valence-corrected chi connectivity index (χ2v) is 9.43. The number of rotatable bonds is 8. The van der Waals surface area contributed by atoms with E-state index in [2.05, 4.69) is 20.5 Å². The smallest absolute Gasteiger partial charge is 0.382 e. The van der Waals surface area contributed by atoms with Crippen LogP contribution in [0.3, 0.4) is 0 Å². The highest BCUT2D eigenvalue weighted by Gasteiger charge is 2.39. The van der Waals surface area contributed by atoms with Crippen LogP contribution in [0.5, 0.6) is 0 Å². The van der Waals surface area contributed by atoms with E-state index in [1.165, 1.54) is 59.5 Å². The molecule has 0 saturated carbocycles. The van der Waals surface area contributed by atoms with Crippen LogP contribution in [0.15, 0.2) is 83.9 Å². The minimum absolute atomic E-state index is 0.0151. The topological polar surface area (TPSA) is 120 Å². The fourth-order valence-electron chi connectivity index (χ4n) is 4.04. The molecular weight excluding hydrogens is 582 g/mol. The molecule has 2 heterocycles. The third kappa shape index (κ3) is 6.09. The number of benzene rings is 3. The number of carbonyl (C=O) groups is 1. The Balaban J connectivity index is 1.45. The lowest BCUT2D eigenvalue weighted by atomic mass is 10.1. The maximum atomic E-state index is 14.1. The molecule has 2 N–H and O–H groups in total. The van der Waals surface area contributed by atoms with Crippen LogP contribution >= 0.6 is 11.6 Å². The normalized spacial score (nSPS) is 12.3. The number of hydrogen-bond donors (Lipinski definition) is 2. The van der Waals surface area contributed by atoms with Gasteiger partial charge in [-0.2, -0.15) is 13.2 Å². The van der Waals surface area contributed by atoms with E-state index >= 15 is 0 Å². The van der Waals surface area contributed by atoms with E-state index in [9.17, 15) is 32.3 Å². The number of amides is 1. The van der Waals surface area contributed by atoms with Crippen molar-refractivity contribution in [2.24, 2.45) is 0 Å². The summed E-state index contributed by atoms with van der Waals surface area (Å²) in [5.74, 6) is -1.31. The van der Waals surface area contributed by atoms with E-state index in [0.717, 1.165) is 4.68 Å². The number of aliphatic hydroxyl groups excluding tert-OH is 1. The van der Waals surface area contributed by atoms with Crippen LogP contribution in [0.2, 0.25) is 5.02 Å². The summed E-state index contributed by atoms with van der Waals surface area (Å²) in [5, 5.41) is 21.0. The summed E-state index contributed by atoms with van der Waals surface area (Å²) in [6, 6.07) is 17.9. The summed E-state index contributed by atoms with van der Waals surface area (Å²) in [4.78, 5) is 30.2. The van der Waals surface area contributed by atoms with Crippen LogP contribution in [0.4, 0.5) is 23.2 Å². The SMILES string of the molecule is O=C(Nc1ccccc1F)c1ccccc1-n1cnc(Cn2nc(-c3ccc(Cl)cc3)n(C[C@H](O)C(F)(F)F)c2=O)n1. The van der Waals surface area contributed by atoms with Gasteiger partial charge < -0.3 is 10.4 Å². The average Bonchev–Trinajstić information content (AvgIpc) is 3.55. The van der Waals surface area contributed by atoms with Gasteiger partial charge in [-0.3, -0.25) is 9.36 Å². The van der Waals surface area contributed by atoms with Crippen molar-refractivity contribution in [3.05, 3.63) is 112 Å². The molecule has 0 aliphatic carbocycles. The van der Waals surface area contributed by atoms with E-state index < -0.39 is 36.2 Å². The first-order chi connectivity index (χ1) is 20.0. The molecule has 0 unspecified atom stereocenters.